The molecule has 1 aliphatic carbocycles. The maximum atomic E-state index is 10.2. The van der Waals surface area contributed by atoms with Gasteiger partial charge in [-0.05, 0) is 68.4 Å². The lowest BCUT2D eigenvalue weighted by atomic mass is 9.96. The molecule has 6 heteroatoms. The van der Waals surface area contributed by atoms with Gasteiger partial charge in [-0.1, -0.05) is 0 Å². The Morgan fingerprint density at radius 2 is 1.93 bits per heavy atom. The van der Waals surface area contributed by atoms with Gasteiger partial charge in [0, 0.05) is 23.5 Å². The van der Waals surface area contributed by atoms with E-state index in [1.54, 1.807) is 7.11 Å². The van der Waals surface area contributed by atoms with Crippen molar-refractivity contribution in [1.82, 2.24) is 9.97 Å². The highest BCUT2D eigenvalue weighted by atomic mass is 32.1. The molecule has 0 spiro atoms. The van der Waals surface area contributed by atoms with Gasteiger partial charge in [-0.25, -0.2) is 9.97 Å². The van der Waals surface area contributed by atoms with Crippen molar-refractivity contribution in [3.8, 4) is 17.1 Å². The number of hydrogen-bond acceptors (Lipinski definition) is 6. The van der Waals surface area contributed by atoms with Crippen molar-refractivity contribution in [2.75, 3.05) is 25.1 Å². The number of β-amino-alcohol motifs (C(OH)–C–C–N with tert-alkyl or cyclic N) is 1. The first-order chi connectivity index (χ1) is 13.7. The Balaban J connectivity index is 1.67. The van der Waals surface area contributed by atoms with Crippen LogP contribution in [0, 0.1) is 0 Å². The molecule has 146 valence electrons. The maximum absolute atomic E-state index is 10.2. The number of aliphatic hydroxyl groups excluding tert-OH is 1. The number of fused-ring (bicyclic) bond motifs is 3. The number of aliphatic hydroxyl groups is 1. The summed E-state index contributed by atoms with van der Waals surface area (Å²) >= 11 is 1.83. The minimum atomic E-state index is -0.280. The van der Waals surface area contributed by atoms with Crippen molar-refractivity contribution in [2.24, 2.45) is 0 Å². The molecule has 1 saturated heterocycles. The molecule has 1 N–H and O–H groups in total. The standard InChI is InChI=1S/C22H25N3O2S/c1-27-16-10-8-14(9-11-16)20-23-21(25-12-4-5-15(26)13-25)19-17-6-2-3-7-18(17)28-22(19)24-20/h8-11,15,26H,2-7,12-13H2,1H3. The van der Waals surface area contributed by atoms with Crippen LogP contribution in [0.1, 0.15) is 36.1 Å². The van der Waals surface area contributed by atoms with E-state index in [-0.39, 0.29) is 6.10 Å². The van der Waals surface area contributed by atoms with Crippen LogP contribution >= 0.6 is 11.3 Å². The maximum Gasteiger partial charge on any atom is 0.163 e. The number of ether oxygens (including phenoxy) is 1. The van der Waals surface area contributed by atoms with Gasteiger partial charge >= 0.3 is 0 Å². The zero-order valence-electron chi connectivity index (χ0n) is 16.1. The second-order valence-electron chi connectivity index (χ2n) is 7.73. The average Bonchev–Trinajstić information content (AvgIpc) is 3.11. The summed E-state index contributed by atoms with van der Waals surface area (Å²) in [6.45, 7) is 1.59. The first-order valence-corrected chi connectivity index (χ1v) is 10.9. The van der Waals surface area contributed by atoms with Gasteiger partial charge in [0.15, 0.2) is 5.82 Å². The molecule has 0 saturated carbocycles. The number of nitrogens with zero attached hydrogens (tertiary/aromatic N) is 3. The van der Waals surface area contributed by atoms with Gasteiger partial charge in [-0.15, -0.1) is 11.3 Å². The van der Waals surface area contributed by atoms with E-state index < -0.39 is 0 Å². The van der Waals surface area contributed by atoms with E-state index in [4.69, 9.17) is 14.7 Å². The second-order valence-corrected chi connectivity index (χ2v) is 8.82. The van der Waals surface area contributed by atoms with E-state index in [9.17, 15) is 5.11 Å². The molecular weight excluding hydrogens is 370 g/mol. The van der Waals surface area contributed by atoms with Crippen molar-refractivity contribution < 1.29 is 9.84 Å². The van der Waals surface area contributed by atoms with Crippen LogP contribution in [0.25, 0.3) is 21.6 Å². The van der Waals surface area contributed by atoms with Gasteiger partial charge in [0.1, 0.15) is 16.4 Å². The predicted molar refractivity (Wildman–Crippen MR) is 113 cm³/mol. The van der Waals surface area contributed by atoms with Crippen LogP contribution in [0.4, 0.5) is 5.82 Å². The molecule has 5 nitrogen and oxygen atoms in total. The molecule has 0 bridgehead atoms. The van der Waals surface area contributed by atoms with Crippen LogP contribution in [0.5, 0.6) is 5.75 Å². The van der Waals surface area contributed by atoms with Crippen LogP contribution < -0.4 is 9.64 Å². The number of hydrogen-bond donors (Lipinski definition) is 1. The Morgan fingerprint density at radius 3 is 2.71 bits per heavy atom. The van der Waals surface area contributed by atoms with Crippen LogP contribution in [-0.4, -0.2) is 41.4 Å². The van der Waals surface area contributed by atoms with E-state index in [1.165, 1.54) is 28.7 Å². The van der Waals surface area contributed by atoms with Crippen molar-refractivity contribution in [2.45, 2.75) is 44.6 Å². The highest BCUT2D eigenvalue weighted by Gasteiger charge is 2.26. The number of thiophene rings is 1. The van der Waals surface area contributed by atoms with E-state index in [1.807, 2.05) is 35.6 Å². The smallest absolute Gasteiger partial charge is 0.163 e. The zero-order valence-corrected chi connectivity index (χ0v) is 17.0. The minimum absolute atomic E-state index is 0.280. The Bertz CT molecular complexity index is 999. The summed E-state index contributed by atoms with van der Waals surface area (Å²) < 4.78 is 5.29. The molecule has 1 fully saturated rings. The van der Waals surface area contributed by atoms with Crippen molar-refractivity contribution >= 4 is 27.4 Å². The third-order valence-electron chi connectivity index (χ3n) is 5.84. The Morgan fingerprint density at radius 1 is 1.11 bits per heavy atom. The van der Waals surface area contributed by atoms with Gasteiger partial charge < -0.3 is 14.7 Å². The normalized spacial score (nSPS) is 19.6. The van der Waals surface area contributed by atoms with Gasteiger partial charge in [0.25, 0.3) is 0 Å². The number of benzene rings is 1. The quantitative estimate of drug-likeness (QED) is 0.720. The molecule has 1 aromatic carbocycles. The van der Waals surface area contributed by atoms with Crippen LogP contribution in [0.2, 0.25) is 0 Å². The third kappa shape index (κ3) is 3.14. The van der Waals surface area contributed by atoms with Crippen LogP contribution in [-0.2, 0) is 12.8 Å². The van der Waals surface area contributed by atoms with Crippen molar-refractivity contribution in [1.29, 1.82) is 0 Å². The first-order valence-electron chi connectivity index (χ1n) is 10.1. The number of piperidine rings is 1. The number of aromatic nitrogens is 2. The van der Waals surface area contributed by atoms with Crippen LogP contribution in [0.3, 0.4) is 0 Å². The SMILES string of the molecule is COc1ccc(-c2nc(N3CCCC(O)C3)c3c4c(sc3n2)CCCC4)cc1. The summed E-state index contributed by atoms with van der Waals surface area (Å²) in [6, 6.07) is 7.93. The van der Waals surface area contributed by atoms with E-state index in [2.05, 4.69) is 4.90 Å². The molecule has 3 aromatic rings. The third-order valence-corrected chi connectivity index (χ3v) is 7.03. The van der Waals surface area contributed by atoms with Crippen LogP contribution in [0.15, 0.2) is 24.3 Å². The van der Waals surface area contributed by atoms with Gasteiger partial charge in [-0.2, -0.15) is 0 Å². The molecule has 1 aliphatic heterocycles. The average molecular weight is 396 g/mol. The lowest BCUT2D eigenvalue weighted by Gasteiger charge is -2.32. The molecule has 1 atom stereocenters. The molecule has 28 heavy (non-hydrogen) atoms. The van der Waals surface area contributed by atoms with E-state index in [0.29, 0.717) is 6.54 Å². The monoisotopic (exact) mass is 395 g/mol. The summed E-state index contributed by atoms with van der Waals surface area (Å²) in [5.74, 6) is 2.59. The molecule has 2 aromatic heterocycles. The molecule has 0 radical (unpaired) electrons. The summed E-state index contributed by atoms with van der Waals surface area (Å²) in [5.41, 5.74) is 2.44. The fourth-order valence-corrected chi connectivity index (χ4v) is 5.64. The highest BCUT2D eigenvalue weighted by molar-refractivity contribution is 7.19. The lowest BCUT2D eigenvalue weighted by molar-refractivity contribution is 0.154. The topological polar surface area (TPSA) is 58.5 Å². The summed E-state index contributed by atoms with van der Waals surface area (Å²) in [6.07, 6.45) is 6.35. The first kappa shape index (κ1) is 17.9. The molecule has 0 amide bonds. The fraction of sp³-hybridized carbons (Fsp3) is 0.455. The number of anilines is 1. The van der Waals surface area contributed by atoms with E-state index in [0.717, 1.165) is 60.0 Å². The Hall–Kier alpha value is -2.18. The largest absolute Gasteiger partial charge is 0.497 e. The van der Waals surface area contributed by atoms with Gasteiger partial charge in [0.2, 0.25) is 0 Å². The molecule has 3 heterocycles. The second kappa shape index (κ2) is 7.33. The van der Waals surface area contributed by atoms with Gasteiger partial charge in [0.05, 0.1) is 18.6 Å². The summed E-state index contributed by atoms with van der Waals surface area (Å²) in [5, 5.41) is 11.5. The minimum Gasteiger partial charge on any atom is -0.497 e. The predicted octanol–water partition coefficient (Wildman–Crippen LogP) is 4.21. The molecular formula is C22H25N3O2S. The summed E-state index contributed by atoms with van der Waals surface area (Å²) in [7, 11) is 1.67. The number of methoxy groups -OCH3 is 1. The zero-order chi connectivity index (χ0) is 19.1. The molecule has 2 aliphatic rings. The van der Waals surface area contributed by atoms with E-state index >= 15 is 0 Å². The molecule has 1 unspecified atom stereocenters. The highest BCUT2D eigenvalue weighted by Crippen LogP contribution is 2.41. The number of aryl methyl sites for hydroxylation is 2. The van der Waals surface area contributed by atoms with Crippen molar-refractivity contribution in [3.05, 3.63) is 34.7 Å². The lowest BCUT2D eigenvalue weighted by Crippen LogP contribution is -2.39. The summed E-state index contributed by atoms with van der Waals surface area (Å²) in [4.78, 5) is 14.8. The fourth-order valence-electron chi connectivity index (χ4n) is 4.38. The Labute approximate surface area is 169 Å². The number of rotatable bonds is 3. The van der Waals surface area contributed by atoms with Crippen molar-refractivity contribution in [3.63, 3.8) is 0 Å². The molecule has 5 rings (SSSR count). The van der Waals surface area contributed by atoms with Gasteiger partial charge in [-0.3, -0.25) is 0 Å². The Kier molecular flexibility index (Phi) is 4.69.